The highest BCUT2D eigenvalue weighted by molar-refractivity contribution is 4.92. The molecule has 196 valence electrons. The van der Waals surface area contributed by atoms with Crippen molar-refractivity contribution in [2.24, 2.45) is 41.4 Å². The van der Waals surface area contributed by atoms with Gasteiger partial charge >= 0.3 is 0 Å². The van der Waals surface area contributed by atoms with E-state index in [4.69, 9.17) is 4.74 Å². The van der Waals surface area contributed by atoms with E-state index in [1.165, 1.54) is 115 Å². The van der Waals surface area contributed by atoms with E-state index in [9.17, 15) is 8.78 Å². The minimum absolute atomic E-state index is 0.141. The topological polar surface area (TPSA) is 9.23 Å². The van der Waals surface area contributed by atoms with Crippen LogP contribution >= 0.6 is 0 Å². The first-order valence-electron chi connectivity index (χ1n) is 15.2. The Kier molecular flexibility index (Phi) is 10.8. The maximum Gasteiger partial charge on any atom is 0.266 e. The van der Waals surface area contributed by atoms with Gasteiger partial charge in [0, 0.05) is 0 Å². The number of unbranched alkanes of at least 4 members (excludes halogenated alkanes) is 1. The van der Waals surface area contributed by atoms with E-state index in [-0.39, 0.29) is 5.92 Å². The average molecular weight is 479 g/mol. The molecule has 0 aromatic carbocycles. The predicted octanol–water partition coefficient (Wildman–Crippen LogP) is 9.95. The van der Waals surface area contributed by atoms with Crippen molar-refractivity contribution >= 4 is 0 Å². The summed E-state index contributed by atoms with van der Waals surface area (Å²) in [6.07, 6.45) is 25.8. The Labute approximate surface area is 208 Å². The molecule has 3 heteroatoms. The fourth-order valence-corrected chi connectivity index (χ4v) is 8.24. The van der Waals surface area contributed by atoms with Crippen LogP contribution in [0.15, 0.2) is 12.2 Å². The number of rotatable bonds is 9. The monoisotopic (exact) mass is 478 g/mol. The summed E-state index contributed by atoms with van der Waals surface area (Å²) in [7, 11) is 0. The minimum Gasteiger partial charge on any atom is -0.378 e. The van der Waals surface area contributed by atoms with E-state index in [0.29, 0.717) is 6.10 Å². The van der Waals surface area contributed by atoms with Gasteiger partial charge in [0.2, 0.25) is 0 Å². The van der Waals surface area contributed by atoms with Gasteiger partial charge in [-0.3, -0.25) is 0 Å². The van der Waals surface area contributed by atoms with Crippen LogP contribution in [0.25, 0.3) is 0 Å². The zero-order chi connectivity index (χ0) is 23.8. The molecule has 1 heterocycles. The molecule has 0 aromatic rings. The quantitative estimate of drug-likeness (QED) is 0.300. The fraction of sp³-hybridized carbons (Fsp3) is 0.935. The zero-order valence-electron chi connectivity index (χ0n) is 22.0. The van der Waals surface area contributed by atoms with Gasteiger partial charge < -0.3 is 4.74 Å². The molecule has 2 unspecified atom stereocenters. The van der Waals surface area contributed by atoms with Crippen LogP contribution in [0.3, 0.4) is 0 Å². The lowest BCUT2D eigenvalue weighted by molar-refractivity contribution is -0.0399. The Morgan fingerprint density at radius 3 is 1.56 bits per heavy atom. The van der Waals surface area contributed by atoms with Gasteiger partial charge in [-0.25, -0.2) is 0 Å². The number of hydrogen-bond acceptors (Lipinski definition) is 1. The van der Waals surface area contributed by atoms with Crippen molar-refractivity contribution in [1.29, 1.82) is 0 Å². The van der Waals surface area contributed by atoms with Crippen molar-refractivity contribution in [1.82, 2.24) is 0 Å². The molecular weight excluding hydrogens is 426 g/mol. The van der Waals surface area contributed by atoms with Crippen molar-refractivity contribution < 1.29 is 13.5 Å². The first-order valence-corrected chi connectivity index (χ1v) is 15.2. The van der Waals surface area contributed by atoms with Crippen molar-refractivity contribution in [2.45, 2.75) is 135 Å². The van der Waals surface area contributed by atoms with Gasteiger partial charge in [-0.05, 0) is 118 Å². The van der Waals surface area contributed by atoms with E-state index in [1.807, 2.05) is 0 Å². The van der Waals surface area contributed by atoms with Crippen LogP contribution in [0, 0.1) is 41.4 Å². The van der Waals surface area contributed by atoms with Crippen LogP contribution < -0.4 is 0 Å². The van der Waals surface area contributed by atoms with Crippen molar-refractivity contribution in [3.05, 3.63) is 12.2 Å². The molecular formula is C31H52F2O. The van der Waals surface area contributed by atoms with Crippen molar-refractivity contribution in [3.8, 4) is 0 Å². The third-order valence-electron chi connectivity index (χ3n) is 10.6. The summed E-state index contributed by atoms with van der Waals surface area (Å²) in [5.74, 6) is 5.60. The molecule has 0 radical (unpaired) electrons. The molecule has 1 aliphatic heterocycles. The van der Waals surface area contributed by atoms with Crippen molar-refractivity contribution in [3.63, 3.8) is 0 Å². The molecule has 1 nitrogen and oxygen atoms in total. The van der Waals surface area contributed by atoms with Gasteiger partial charge in [-0.2, -0.15) is 8.78 Å². The van der Waals surface area contributed by atoms with Crippen LogP contribution in [0.5, 0.6) is 0 Å². The molecule has 1 saturated heterocycles. The SMILES string of the molecule is CCC1CCC(C2CCC(CCCCC3CCC(C4CCC(C=C(F)F)CC4)CC3)CC2)CO1. The molecule has 0 aromatic heterocycles. The zero-order valence-corrected chi connectivity index (χ0v) is 22.0. The number of ether oxygens (including phenoxy) is 1. The molecule has 3 aliphatic carbocycles. The molecule has 0 bridgehead atoms. The van der Waals surface area contributed by atoms with E-state index >= 15 is 0 Å². The maximum atomic E-state index is 12.5. The molecule has 0 N–H and O–H groups in total. The highest BCUT2D eigenvalue weighted by Gasteiger charge is 2.32. The van der Waals surface area contributed by atoms with Crippen molar-refractivity contribution in [2.75, 3.05) is 6.61 Å². The smallest absolute Gasteiger partial charge is 0.266 e. The standard InChI is InChI=1S/C31H52F2O/c1-2-30-20-19-29(22-34-30)28-15-9-24(10-16-28)6-4-3-5-23-7-13-26(14-8-23)27-17-11-25(12-18-27)21-31(32)33/h21,23-30H,2-20,22H2,1H3. The molecule has 34 heavy (non-hydrogen) atoms. The third-order valence-corrected chi connectivity index (χ3v) is 10.6. The second-order valence-corrected chi connectivity index (χ2v) is 12.7. The lowest BCUT2D eigenvalue weighted by Gasteiger charge is -2.38. The summed E-state index contributed by atoms with van der Waals surface area (Å²) in [5, 5.41) is 0. The summed E-state index contributed by atoms with van der Waals surface area (Å²) < 4.78 is 31.1. The number of hydrogen-bond donors (Lipinski definition) is 0. The number of halogens is 2. The molecule has 0 amide bonds. The molecule has 2 atom stereocenters. The molecule has 4 aliphatic rings. The maximum absolute atomic E-state index is 12.5. The summed E-state index contributed by atoms with van der Waals surface area (Å²) in [6.45, 7) is 3.29. The summed E-state index contributed by atoms with van der Waals surface area (Å²) >= 11 is 0. The highest BCUT2D eigenvalue weighted by Crippen LogP contribution is 2.43. The van der Waals surface area contributed by atoms with Crippen LogP contribution in [0.4, 0.5) is 8.78 Å². The van der Waals surface area contributed by atoms with E-state index in [2.05, 4.69) is 6.92 Å². The second kappa shape index (κ2) is 13.8. The summed E-state index contributed by atoms with van der Waals surface area (Å²) in [6, 6.07) is 0. The average Bonchev–Trinajstić information content (AvgIpc) is 2.88. The summed E-state index contributed by atoms with van der Waals surface area (Å²) in [5.41, 5.74) is 0. The van der Waals surface area contributed by atoms with E-state index in [0.717, 1.165) is 55.0 Å². The largest absolute Gasteiger partial charge is 0.378 e. The molecule has 0 spiro atoms. The van der Waals surface area contributed by atoms with Gasteiger partial charge in [0.05, 0.1) is 12.7 Å². The Bertz CT molecular complexity index is 583. The van der Waals surface area contributed by atoms with Crippen LogP contribution in [0.2, 0.25) is 0 Å². The van der Waals surface area contributed by atoms with Gasteiger partial charge in [-0.15, -0.1) is 0 Å². The predicted molar refractivity (Wildman–Crippen MR) is 138 cm³/mol. The first kappa shape index (κ1) is 26.6. The Morgan fingerprint density at radius 1 is 0.647 bits per heavy atom. The van der Waals surface area contributed by atoms with Crippen LogP contribution in [0.1, 0.15) is 129 Å². The third kappa shape index (κ3) is 8.04. The normalized spacial score (nSPS) is 39.5. The Morgan fingerprint density at radius 2 is 1.12 bits per heavy atom. The highest BCUT2D eigenvalue weighted by atomic mass is 19.3. The van der Waals surface area contributed by atoms with Gasteiger partial charge in [0.25, 0.3) is 6.08 Å². The van der Waals surface area contributed by atoms with E-state index in [1.54, 1.807) is 0 Å². The summed E-state index contributed by atoms with van der Waals surface area (Å²) in [4.78, 5) is 0. The fourth-order valence-electron chi connectivity index (χ4n) is 8.24. The van der Waals surface area contributed by atoms with Gasteiger partial charge in [-0.1, -0.05) is 58.3 Å². The van der Waals surface area contributed by atoms with Gasteiger partial charge in [0.15, 0.2) is 0 Å². The Hall–Kier alpha value is -0.440. The second-order valence-electron chi connectivity index (χ2n) is 12.7. The lowest BCUT2D eigenvalue weighted by atomic mass is 9.68. The Balaban J connectivity index is 1.02. The molecule has 3 saturated carbocycles. The molecule has 4 rings (SSSR count). The van der Waals surface area contributed by atoms with Crippen LogP contribution in [-0.4, -0.2) is 12.7 Å². The number of allylic oxidation sites excluding steroid dienone is 1. The molecule has 4 fully saturated rings. The van der Waals surface area contributed by atoms with Crippen LogP contribution in [-0.2, 0) is 4.74 Å². The van der Waals surface area contributed by atoms with E-state index < -0.39 is 6.08 Å². The van der Waals surface area contributed by atoms with Gasteiger partial charge in [0.1, 0.15) is 0 Å². The minimum atomic E-state index is -1.48. The first-order chi connectivity index (χ1) is 16.6. The lowest BCUT2D eigenvalue weighted by Crippen LogP contribution is -2.32.